The predicted molar refractivity (Wildman–Crippen MR) is 135 cm³/mol. The van der Waals surface area contributed by atoms with Crippen LogP contribution in [-0.2, 0) is 18.8 Å². The average molecular weight is 504 g/mol. The first-order valence-corrected chi connectivity index (χ1v) is 13.9. The molecule has 2 aromatic heterocycles. The lowest BCUT2D eigenvalue weighted by atomic mass is 9.80. The molecule has 0 aromatic carbocycles. The molecule has 0 N–H and O–H groups in total. The van der Waals surface area contributed by atoms with Crippen molar-refractivity contribution in [3.05, 3.63) is 47.1 Å². The van der Waals surface area contributed by atoms with E-state index in [-0.39, 0.29) is 12.2 Å². The van der Waals surface area contributed by atoms with Gasteiger partial charge in [0, 0.05) is 5.69 Å². The minimum absolute atomic E-state index is 0.0229. The quantitative estimate of drug-likeness (QED) is 0.194. The molecule has 4 nitrogen and oxygen atoms in total. The fourth-order valence-electron chi connectivity index (χ4n) is 5.30. The van der Waals surface area contributed by atoms with E-state index in [1.807, 2.05) is 0 Å². The number of fused-ring (bicyclic) bond motifs is 1. The number of halogens is 3. The Balaban J connectivity index is 1.33. The number of hydrogen-bond acceptors (Lipinski definition) is 4. The van der Waals surface area contributed by atoms with Crippen LogP contribution in [0.15, 0.2) is 18.5 Å². The summed E-state index contributed by atoms with van der Waals surface area (Å²) in [7, 11) is 0. The second-order valence-corrected chi connectivity index (χ2v) is 10.9. The highest BCUT2D eigenvalue weighted by atomic mass is 19.3. The van der Waals surface area contributed by atoms with E-state index in [1.54, 1.807) is 6.07 Å². The van der Waals surface area contributed by atoms with Gasteiger partial charge in [0.25, 0.3) is 5.92 Å². The maximum absolute atomic E-state index is 15.5. The Kier molecular flexibility index (Phi) is 9.24. The highest BCUT2D eigenvalue weighted by Crippen LogP contribution is 2.49. The topological polar surface area (TPSA) is 47.9 Å². The van der Waals surface area contributed by atoms with E-state index in [2.05, 4.69) is 28.8 Å². The second kappa shape index (κ2) is 12.4. The summed E-state index contributed by atoms with van der Waals surface area (Å²) >= 11 is 0. The zero-order valence-corrected chi connectivity index (χ0v) is 21.7. The van der Waals surface area contributed by atoms with Crippen LogP contribution in [0.5, 0.6) is 5.75 Å². The van der Waals surface area contributed by atoms with Gasteiger partial charge >= 0.3 is 0 Å². The Bertz CT molecular complexity index is 978. The molecule has 4 rings (SSSR count). The molecule has 7 heteroatoms. The third-order valence-corrected chi connectivity index (χ3v) is 7.62. The molecular formula is C29H40F3N3O. The van der Waals surface area contributed by atoms with Crippen LogP contribution in [0.1, 0.15) is 113 Å². The molecule has 0 radical (unpaired) electrons. The van der Waals surface area contributed by atoms with Crippen LogP contribution in [0.2, 0.25) is 0 Å². The molecule has 0 spiro atoms. The van der Waals surface area contributed by atoms with Crippen LogP contribution in [-0.4, -0.2) is 21.6 Å². The van der Waals surface area contributed by atoms with Crippen molar-refractivity contribution < 1.29 is 17.9 Å². The van der Waals surface area contributed by atoms with Gasteiger partial charge in [-0.1, -0.05) is 71.6 Å². The molecule has 36 heavy (non-hydrogen) atoms. The first-order chi connectivity index (χ1) is 17.4. The number of rotatable bonds is 14. The zero-order chi connectivity index (χ0) is 25.5. The Morgan fingerprint density at radius 1 is 1.06 bits per heavy atom. The molecule has 2 atom stereocenters. The third kappa shape index (κ3) is 6.98. The number of nitrogens with zero attached hydrogens (tertiary/aromatic N) is 3. The lowest BCUT2D eigenvalue weighted by Gasteiger charge is -2.32. The SMILES string of the molecule is CCCCC(C)Cc1cc2c(c(F)n1)C(F)(F)C(c1ncc(OCCCCCCC3CC3)cn1)CC2. The third-order valence-electron chi connectivity index (χ3n) is 7.62. The Morgan fingerprint density at radius 2 is 1.81 bits per heavy atom. The van der Waals surface area contributed by atoms with E-state index >= 15 is 8.78 Å². The van der Waals surface area contributed by atoms with Gasteiger partial charge in [0.15, 0.2) is 5.75 Å². The number of pyridine rings is 1. The average Bonchev–Trinajstić information content (AvgIpc) is 3.66. The van der Waals surface area contributed by atoms with Gasteiger partial charge in [-0.15, -0.1) is 0 Å². The molecular weight excluding hydrogens is 463 g/mol. The summed E-state index contributed by atoms with van der Waals surface area (Å²) < 4.78 is 51.6. The van der Waals surface area contributed by atoms with E-state index < -0.39 is 23.4 Å². The second-order valence-electron chi connectivity index (χ2n) is 10.9. The van der Waals surface area contributed by atoms with Crippen LogP contribution in [0, 0.1) is 17.8 Å². The van der Waals surface area contributed by atoms with Crippen molar-refractivity contribution in [2.24, 2.45) is 11.8 Å². The fourth-order valence-corrected chi connectivity index (χ4v) is 5.30. The van der Waals surface area contributed by atoms with Crippen LogP contribution in [0.25, 0.3) is 0 Å². The molecule has 1 saturated carbocycles. The predicted octanol–water partition coefficient (Wildman–Crippen LogP) is 7.94. The summed E-state index contributed by atoms with van der Waals surface area (Å²) in [5, 5.41) is 0. The van der Waals surface area contributed by atoms with Gasteiger partial charge < -0.3 is 4.74 Å². The molecule has 0 amide bonds. The van der Waals surface area contributed by atoms with Gasteiger partial charge in [-0.25, -0.2) is 23.7 Å². The van der Waals surface area contributed by atoms with Crippen LogP contribution >= 0.6 is 0 Å². The normalized spacial score (nSPS) is 19.6. The number of aryl methyl sites for hydroxylation is 1. The largest absolute Gasteiger partial charge is 0.490 e. The van der Waals surface area contributed by atoms with Crippen molar-refractivity contribution in [2.75, 3.05) is 6.61 Å². The molecule has 2 aliphatic carbocycles. The van der Waals surface area contributed by atoms with Crippen molar-refractivity contribution in [1.29, 1.82) is 0 Å². The van der Waals surface area contributed by atoms with E-state index in [9.17, 15) is 4.39 Å². The number of aromatic nitrogens is 3. The van der Waals surface area contributed by atoms with E-state index in [4.69, 9.17) is 4.74 Å². The minimum atomic E-state index is -3.42. The molecule has 1 fully saturated rings. The fraction of sp³-hybridized carbons (Fsp3) is 0.690. The minimum Gasteiger partial charge on any atom is -0.490 e. The number of alkyl halides is 2. The van der Waals surface area contributed by atoms with Gasteiger partial charge in [-0.2, -0.15) is 4.39 Å². The summed E-state index contributed by atoms with van der Waals surface area (Å²) in [6.07, 6.45) is 16.0. The van der Waals surface area contributed by atoms with Crippen LogP contribution in [0.4, 0.5) is 13.2 Å². The van der Waals surface area contributed by atoms with Crippen LogP contribution in [0.3, 0.4) is 0 Å². The molecule has 198 valence electrons. The zero-order valence-electron chi connectivity index (χ0n) is 21.7. The molecule has 2 aliphatic rings. The lowest BCUT2D eigenvalue weighted by molar-refractivity contribution is -0.0500. The monoisotopic (exact) mass is 503 g/mol. The highest BCUT2D eigenvalue weighted by Gasteiger charge is 2.50. The maximum atomic E-state index is 15.5. The lowest BCUT2D eigenvalue weighted by Crippen LogP contribution is -2.33. The molecule has 2 aromatic rings. The smallest absolute Gasteiger partial charge is 0.287 e. The summed E-state index contributed by atoms with van der Waals surface area (Å²) in [5.74, 6) is -3.93. The van der Waals surface area contributed by atoms with Gasteiger partial charge in [0.05, 0.1) is 30.5 Å². The highest BCUT2D eigenvalue weighted by molar-refractivity contribution is 5.37. The molecule has 0 saturated heterocycles. The first-order valence-electron chi connectivity index (χ1n) is 13.9. The van der Waals surface area contributed by atoms with E-state index in [0.29, 0.717) is 42.4 Å². The Morgan fingerprint density at radius 3 is 2.53 bits per heavy atom. The first kappa shape index (κ1) is 26.9. The standard InChI is InChI=1S/C29H40F3N3O/c1-3-4-9-20(2)16-23-17-22-13-14-25(29(31,32)26(22)27(30)35-23)28-33-18-24(19-34-28)36-15-8-6-5-7-10-21-11-12-21/h17-21,25H,3-16H2,1-2H3. The summed E-state index contributed by atoms with van der Waals surface area (Å²) in [6, 6.07) is 1.68. The van der Waals surface area contributed by atoms with Crippen molar-refractivity contribution in [3.8, 4) is 5.75 Å². The van der Waals surface area contributed by atoms with Gasteiger partial charge in [0.1, 0.15) is 5.82 Å². The molecule has 0 bridgehead atoms. The van der Waals surface area contributed by atoms with Crippen molar-refractivity contribution in [1.82, 2.24) is 15.0 Å². The number of ether oxygens (including phenoxy) is 1. The van der Waals surface area contributed by atoms with Crippen LogP contribution < -0.4 is 4.74 Å². The number of unbranched alkanes of at least 4 members (excludes halogenated alkanes) is 4. The molecule has 2 heterocycles. The summed E-state index contributed by atoms with van der Waals surface area (Å²) in [6.45, 7) is 4.79. The van der Waals surface area contributed by atoms with Gasteiger partial charge in [0.2, 0.25) is 5.95 Å². The van der Waals surface area contributed by atoms with Gasteiger partial charge in [-0.3, -0.25) is 0 Å². The number of hydrogen-bond donors (Lipinski definition) is 0. The summed E-state index contributed by atoms with van der Waals surface area (Å²) in [4.78, 5) is 12.3. The summed E-state index contributed by atoms with van der Waals surface area (Å²) in [5.41, 5.74) is 0.331. The van der Waals surface area contributed by atoms with Gasteiger partial charge in [-0.05, 0) is 49.1 Å². The van der Waals surface area contributed by atoms with Crippen molar-refractivity contribution >= 4 is 0 Å². The van der Waals surface area contributed by atoms with Crippen molar-refractivity contribution in [3.63, 3.8) is 0 Å². The molecule has 0 aliphatic heterocycles. The van der Waals surface area contributed by atoms with E-state index in [1.165, 1.54) is 44.5 Å². The Labute approximate surface area is 213 Å². The maximum Gasteiger partial charge on any atom is 0.287 e. The van der Waals surface area contributed by atoms with E-state index in [0.717, 1.165) is 38.0 Å². The van der Waals surface area contributed by atoms with Crippen molar-refractivity contribution in [2.45, 2.75) is 109 Å². The Hall–Kier alpha value is -2.18. The molecule has 2 unspecified atom stereocenters.